The molecule has 4 heteroatoms. The second-order valence-electron chi connectivity index (χ2n) is 2.64. The van der Waals surface area contributed by atoms with Crippen molar-refractivity contribution < 1.29 is 0 Å². The number of nitrogens with one attached hydrogen (secondary N) is 2. The molecule has 0 aliphatic rings. The van der Waals surface area contributed by atoms with Gasteiger partial charge in [-0.3, -0.25) is 0 Å². The lowest BCUT2D eigenvalue weighted by molar-refractivity contribution is 0.393. The lowest BCUT2D eigenvalue weighted by Crippen LogP contribution is -2.12. The number of hydrogen-bond donors (Lipinski definition) is 2. The highest BCUT2D eigenvalue weighted by molar-refractivity contribution is 5.85. The van der Waals surface area contributed by atoms with Crippen molar-refractivity contribution in [2.24, 2.45) is 0 Å². The van der Waals surface area contributed by atoms with Gasteiger partial charge in [0, 0.05) is 0 Å². The Hall–Kier alpha value is -0.370. The Morgan fingerprint density at radius 2 is 1.58 bits per heavy atom. The normalized spacial score (nSPS) is 7.67. The van der Waals surface area contributed by atoms with E-state index in [1.807, 2.05) is 0 Å². The van der Waals surface area contributed by atoms with Gasteiger partial charge in [-0.1, -0.05) is 19.8 Å². The lowest BCUT2D eigenvalue weighted by Gasteiger charge is -2.06. The largest absolute Gasteiger partial charge is 0.309 e. The molecule has 0 rings (SSSR count). The Kier molecular flexibility index (Phi) is 24.9. The van der Waals surface area contributed by atoms with Gasteiger partial charge >= 0.3 is 0 Å². The number of hydrogen-bond acceptors (Lipinski definition) is 3. The highest BCUT2D eigenvalue weighted by atomic mass is 35.5. The molecule has 0 aromatic rings. The van der Waals surface area contributed by atoms with Crippen molar-refractivity contribution >= 4 is 18.4 Å². The van der Waals surface area contributed by atoms with Crippen LogP contribution in [0.3, 0.4) is 0 Å². The van der Waals surface area contributed by atoms with Crippen LogP contribution in [0.25, 0.3) is 0 Å². The van der Waals surface area contributed by atoms with Crippen LogP contribution in [0.5, 0.6) is 0 Å². The summed E-state index contributed by atoms with van der Waals surface area (Å²) in [5.74, 6) is 0. The molecule has 0 aromatic carbocycles. The van der Waals surface area contributed by atoms with Crippen LogP contribution in [0.15, 0.2) is 0 Å². The zero-order valence-corrected chi connectivity index (χ0v) is 9.00. The van der Waals surface area contributed by atoms with E-state index < -0.39 is 0 Å². The smallest absolute Gasteiger partial charge is 0.0831 e. The molecule has 12 heavy (non-hydrogen) atoms. The summed E-state index contributed by atoms with van der Waals surface area (Å²) in [4.78, 5) is 2.23. The third kappa shape index (κ3) is 33.5. The average molecular weight is 194 g/mol. The van der Waals surface area contributed by atoms with Gasteiger partial charge in [-0.25, -0.2) is 10.8 Å². The average Bonchev–Trinajstić information content (AvgIpc) is 1.89. The predicted molar refractivity (Wildman–Crippen MR) is 55.8 cm³/mol. The van der Waals surface area contributed by atoms with E-state index in [1.165, 1.54) is 31.8 Å². The van der Waals surface area contributed by atoms with Gasteiger partial charge in [0.25, 0.3) is 0 Å². The first-order valence-electron chi connectivity index (χ1n) is 3.92. The molecule has 0 spiro atoms. The Morgan fingerprint density at radius 3 is 1.83 bits per heavy atom. The molecule has 0 amide bonds. The molecular formula is C8H20ClN3. The van der Waals surface area contributed by atoms with Gasteiger partial charge in [-0.05, 0) is 27.1 Å². The number of unbranched alkanes of at least 4 members (excludes halogenated alkanes) is 2. The molecule has 0 fully saturated rings. The molecule has 0 radical (unpaired) electrons. The molecule has 0 aliphatic heterocycles. The SMILES string of the molecule is CCCCCN(C)C.Cl.N=C=N. The van der Waals surface area contributed by atoms with Crippen LogP contribution in [0.1, 0.15) is 26.2 Å². The van der Waals surface area contributed by atoms with E-state index in [0.717, 1.165) is 0 Å². The van der Waals surface area contributed by atoms with E-state index in [9.17, 15) is 0 Å². The highest BCUT2D eigenvalue weighted by Gasteiger charge is 1.86. The zero-order valence-electron chi connectivity index (χ0n) is 8.18. The summed E-state index contributed by atoms with van der Waals surface area (Å²) >= 11 is 0. The van der Waals surface area contributed by atoms with Gasteiger partial charge < -0.3 is 4.90 Å². The van der Waals surface area contributed by atoms with Crippen molar-refractivity contribution in [2.75, 3.05) is 20.6 Å². The fourth-order valence-electron chi connectivity index (χ4n) is 0.678. The minimum Gasteiger partial charge on any atom is -0.309 e. The quantitative estimate of drug-likeness (QED) is 0.523. The number of nitrogens with zero attached hydrogens (tertiary/aromatic N) is 1. The summed E-state index contributed by atoms with van der Waals surface area (Å²) in [6.07, 6.45) is 4.05. The molecule has 0 atom stereocenters. The summed E-state index contributed by atoms with van der Waals surface area (Å²) in [7, 11) is 4.24. The second-order valence-corrected chi connectivity index (χ2v) is 2.64. The zero-order chi connectivity index (χ0) is 9.11. The number of rotatable bonds is 4. The summed E-state index contributed by atoms with van der Waals surface area (Å²) in [5, 5.41) is 11.2. The Morgan fingerprint density at radius 1 is 1.17 bits per heavy atom. The number of halogens is 1. The van der Waals surface area contributed by atoms with E-state index in [4.69, 9.17) is 10.8 Å². The second kappa shape index (κ2) is 16.9. The standard InChI is InChI=1S/C7H17N.CH2N2.ClH/c1-4-5-6-7-8(2)3;2-1-3;/h4-7H2,1-3H3;2-3H;1H. The molecule has 74 valence electrons. The Balaban J connectivity index is -0.000000177. The van der Waals surface area contributed by atoms with E-state index in [1.54, 1.807) is 0 Å². The molecule has 0 bridgehead atoms. The third-order valence-corrected chi connectivity index (χ3v) is 1.21. The summed E-state index contributed by atoms with van der Waals surface area (Å²) in [6.45, 7) is 3.48. The lowest BCUT2D eigenvalue weighted by atomic mass is 10.2. The highest BCUT2D eigenvalue weighted by Crippen LogP contribution is 1.93. The van der Waals surface area contributed by atoms with Crippen molar-refractivity contribution in [2.45, 2.75) is 26.2 Å². The molecule has 0 unspecified atom stereocenters. The van der Waals surface area contributed by atoms with Gasteiger partial charge in [0.15, 0.2) is 0 Å². The Bertz CT molecular complexity index is 98.5. The van der Waals surface area contributed by atoms with Gasteiger partial charge in [0.1, 0.15) is 0 Å². The van der Waals surface area contributed by atoms with Crippen LogP contribution < -0.4 is 0 Å². The monoisotopic (exact) mass is 193 g/mol. The van der Waals surface area contributed by atoms with Crippen molar-refractivity contribution in [3.05, 3.63) is 0 Å². The molecule has 0 aromatic heterocycles. The maximum atomic E-state index is 5.62. The molecule has 2 N–H and O–H groups in total. The maximum absolute atomic E-state index is 5.62. The molecule has 0 aliphatic carbocycles. The van der Waals surface area contributed by atoms with Crippen LogP contribution in [0.2, 0.25) is 0 Å². The van der Waals surface area contributed by atoms with Crippen LogP contribution in [0, 0.1) is 10.8 Å². The first-order chi connectivity index (χ1) is 5.18. The van der Waals surface area contributed by atoms with Crippen LogP contribution in [-0.2, 0) is 0 Å². The van der Waals surface area contributed by atoms with E-state index in [-0.39, 0.29) is 12.4 Å². The van der Waals surface area contributed by atoms with Crippen molar-refractivity contribution in [1.29, 1.82) is 10.8 Å². The van der Waals surface area contributed by atoms with Gasteiger partial charge in [0.2, 0.25) is 0 Å². The summed E-state index contributed by atoms with van der Waals surface area (Å²) in [6, 6.07) is 1.25. The summed E-state index contributed by atoms with van der Waals surface area (Å²) in [5.41, 5.74) is 0. The van der Waals surface area contributed by atoms with Crippen molar-refractivity contribution in [3.8, 4) is 0 Å². The molecular weight excluding hydrogens is 174 g/mol. The van der Waals surface area contributed by atoms with E-state index in [0.29, 0.717) is 0 Å². The summed E-state index contributed by atoms with van der Waals surface area (Å²) < 4.78 is 0. The van der Waals surface area contributed by atoms with Crippen LogP contribution in [-0.4, -0.2) is 31.5 Å². The molecule has 0 saturated carbocycles. The predicted octanol–water partition coefficient (Wildman–Crippen LogP) is 2.48. The topological polar surface area (TPSA) is 50.9 Å². The third-order valence-electron chi connectivity index (χ3n) is 1.21. The first-order valence-corrected chi connectivity index (χ1v) is 3.92. The minimum absolute atomic E-state index is 0. The van der Waals surface area contributed by atoms with Crippen LogP contribution >= 0.6 is 12.4 Å². The van der Waals surface area contributed by atoms with Crippen molar-refractivity contribution in [1.82, 2.24) is 4.90 Å². The molecule has 0 saturated heterocycles. The molecule has 0 heterocycles. The van der Waals surface area contributed by atoms with Gasteiger partial charge in [0.05, 0.1) is 6.01 Å². The Labute approximate surface area is 81.6 Å². The van der Waals surface area contributed by atoms with E-state index in [2.05, 4.69) is 25.9 Å². The minimum atomic E-state index is 0. The first kappa shape index (κ1) is 17.6. The van der Waals surface area contributed by atoms with Crippen molar-refractivity contribution in [3.63, 3.8) is 0 Å². The maximum Gasteiger partial charge on any atom is 0.0831 e. The van der Waals surface area contributed by atoms with Crippen LogP contribution in [0.4, 0.5) is 0 Å². The fourth-order valence-corrected chi connectivity index (χ4v) is 0.678. The van der Waals surface area contributed by atoms with E-state index >= 15 is 0 Å². The van der Waals surface area contributed by atoms with Gasteiger partial charge in [-0.15, -0.1) is 12.4 Å². The molecule has 3 nitrogen and oxygen atoms in total. The fraction of sp³-hybridized carbons (Fsp3) is 0.875. The van der Waals surface area contributed by atoms with Gasteiger partial charge in [-0.2, -0.15) is 0 Å².